The lowest BCUT2D eigenvalue weighted by atomic mass is 9.78. The highest BCUT2D eigenvalue weighted by molar-refractivity contribution is 5.91. The molecule has 1 fully saturated rings. The molecule has 0 bridgehead atoms. The number of hydrogen-bond donors (Lipinski definition) is 1. The number of hydrogen-bond acceptors (Lipinski definition) is 3. The van der Waals surface area contributed by atoms with Gasteiger partial charge >= 0.3 is 6.09 Å². The van der Waals surface area contributed by atoms with E-state index in [2.05, 4.69) is 5.32 Å². The molecule has 1 aromatic rings. The van der Waals surface area contributed by atoms with Gasteiger partial charge in [0, 0.05) is 5.56 Å². The van der Waals surface area contributed by atoms with Crippen LogP contribution in [0.5, 0.6) is 5.75 Å². The number of methoxy groups -OCH3 is 1. The first-order valence-corrected chi connectivity index (χ1v) is 6.43. The summed E-state index contributed by atoms with van der Waals surface area (Å²) in [4.78, 5) is 11.8. The van der Waals surface area contributed by atoms with Crippen LogP contribution in [0, 0.1) is 0 Å². The minimum Gasteiger partial charge on any atom is -0.495 e. The van der Waals surface area contributed by atoms with Crippen molar-refractivity contribution in [3.05, 3.63) is 23.8 Å². The molecule has 4 heteroatoms. The minimum atomic E-state index is -0.440. The maximum absolute atomic E-state index is 11.8. The highest BCUT2D eigenvalue weighted by Gasteiger charge is 2.43. The number of para-hydroxylation sites is 1. The zero-order valence-electron chi connectivity index (χ0n) is 10.5. The normalized spacial score (nSPS) is 20.8. The fourth-order valence-electron chi connectivity index (χ4n) is 3.06. The lowest BCUT2D eigenvalue weighted by Crippen LogP contribution is -2.41. The van der Waals surface area contributed by atoms with Crippen molar-refractivity contribution in [3.63, 3.8) is 0 Å². The summed E-state index contributed by atoms with van der Waals surface area (Å²) in [6, 6.07) is 5.85. The standard InChI is InChI=1S/C14H17NO3/c1-17-11-7-5-6-10-12(11)15-13(16)18-14(10)8-3-2-4-9-14/h5-7H,2-4,8-9H2,1H3,(H,15,16). The summed E-state index contributed by atoms with van der Waals surface area (Å²) in [5, 5.41) is 2.76. The Balaban J connectivity index is 2.12. The third-order valence-corrected chi connectivity index (χ3v) is 3.91. The third kappa shape index (κ3) is 1.64. The van der Waals surface area contributed by atoms with Crippen LogP contribution in [0.15, 0.2) is 18.2 Å². The van der Waals surface area contributed by atoms with Crippen molar-refractivity contribution in [2.45, 2.75) is 37.7 Å². The van der Waals surface area contributed by atoms with E-state index in [1.807, 2.05) is 18.2 Å². The summed E-state index contributed by atoms with van der Waals surface area (Å²) in [5.41, 5.74) is 1.39. The molecule has 3 rings (SSSR count). The zero-order chi connectivity index (χ0) is 12.6. The Morgan fingerprint density at radius 2 is 2.06 bits per heavy atom. The van der Waals surface area contributed by atoms with Crippen LogP contribution in [0.4, 0.5) is 10.5 Å². The van der Waals surface area contributed by atoms with Crippen LogP contribution in [0.3, 0.4) is 0 Å². The largest absolute Gasteiger partial charge is 0.495 e. The minimum absolute atomic E-state index is 0.367. The van der Waals surface area contributed by atoms with Crippen molar-refractivity contribution in [2.24, 2.45) is 0 Å². The Morgan fingerprint density at radius 3 is 2.78 bits per heavy atom. The topological polar surface area (TPSA) is 47.6 Å². The van der Waals surface area contributed by atoms with E-state index in [-0.39, 0.29) is 6.09 Å². The van der Waals surface area contributed by atoms with E-state index < -0.39 is 5.60 Å². The Bertz CT molecular complexity index is 478. The smallest absolute Gasteiger partial charge is 0.412 e. The monoisotopic (exact) mass is 247 g/mol. The molecule has 18 heavy (non-hydrogen) atoms. The molecule has 1 saturated carbocycles. The van der Waals surface area contributed by atoms with Gasteiger partial charge in [-0.05, 0) is 31.7 Å². The maximum atomic E-state index is 11.8. The van der Waals surface area contributed by atoms with E-state index in [0.717, 1.165) is 36.9 Å². The van der Waals surface area contributed by atoms with Crippen LogP contribution in [0.1, 0.15) is 37.7 Å². The molecule has 0 atom stereocenters. The summed E-state index contributed by atoms with van der Waals surface area (Å²) in [5.74, 6) is 0.703. The van der Waals surface area contributed by atoms with Gasteiger partial charge in [0.05, 0.1) is 12.8 Å². The van der Waals surface area contributed by atoms with Gasteiger partial charge in [0.25, 0.3) is 0 Å². The summed E-state index contributed by atoms with van der Waals surface area (Å²) >= 11 is 0. The van der Waals surface area contributed by atoms with Gasteiger partial charge in [-0.3, -0.25) is 5.32 Å². The van der Waals surface area contributed by atoms with Gasteiger partial charge in [0.2, 0.25) is 0 Å². The van der Waals surface area contributed by atoms with Crippen LogP contribution in [-0.4, -0.2) is 13.2 Å². The van der Waals surface area contributed by atoms with Crippen molar-refractivity contribution >= 4 is 11.8 Å². The molecule has 1 aliphatic carbocycles. The maximum Gasteiger partial charge on any atom is 0.412 e. The number of fused-ring (bicyclic) bond motifs is 2. The van der Waals surface area contributed by atoms with Crippen LogP contribution in [0.2, 0.25) is 0 Å². The number of anilines is 1. The second-order valence-electron chi connectivity index (χ2n) is 4.95. The van der Waals surface area contributed by atoms with Gasteiger partial charge in [0.15, 0.2) is 0 Å². The lowest BCUT2D eigenvalue weighted by Gasteiger charge is -2.41. The molecule has 0 aromatic heterocycles. The van der Waals surface area contributed by atoms with Crippen molar-refractivity contribution in [2.75, 3.05) is 12.4 Å². The van der Waals surface area contributed by atoms with Gasteiger partial charge in [-0.15, -0.1) is 0 Å². The molecule has 1 N–H and O–H groups in total. The molecule has 1 aliphatic heterocycles. The molecule has 1 heterocycles. The van der Waals surface area contributed by atoms with E-state index in [9.17, 15) is 4.79 Å². The predicted octanol–water partition coefficient (Wildman–Crippen LogP) is 3.42. The predicted molar refractivity (Wildman–Crippen MR) is 67.9 cm³/mol. The van der Waals surface area contributed by atoms with E-state index in [1.165, 1.54) is 6.42 Å². The first kappa shape index (κ1) is 11.4. The quantitative estimate of drug-likeness (QED) is 0.827. The first-order valence-electron chi connectivity index (χ1n) is 6.43. The fourth-order valence-corrected chi connectivity index (χ4v) is 3.06. The molecular weight excluding hydrogens is 230 g/mol. The number of ether oxygens (including phenoxy) is 2. The Morgan fingerprint density at radius 1 is 1.28 bits per heavy atom. The van der Waals surface area contributed by atoms with Crippen molar-refractivity contribution in [3.8, 4) is 5.75 Å². The zero-order valence-corrected chi connectivity index (χ0v) is 10.5. The molecule has 1 aromatic carbocycles. The lowest BCUT2D eigenvalue weighted by molar-refractivity contribution is -0.0181. The number of rotatable bonds is 1. The number of benzene rings is 1. The Kier molecular flexibility index (Phi) is 2.65. The molecule has 0 unspecified atom stereocenters. The highest BCUT2D eigenvalue weighted by atomic mass is 16.6. The van der Waals surface area contributed by atoms with Gasteiger partial charge in [-0.25, -0.2) is 4.79 Å². The van der Waals surface area contributed by atoms with Crippen LogP contribution >= 0.6 is 0 Å². The Labute approximate surface area is 106 Å². The van der Waals surface area contributed by atoms with E-state index in [0.29, 0.717) is 5.75 Å². The van der Waals surface area contributed by atoms with Gasteiger partial charge in [-0.1, -0.05) is 18.6 Å². The second-order valence-corrected chi connectivity index (χ2v) is 4.95. The van der Waals surface area contributed by atoms with Crippen molar-refractivity contribution in [1.82, 2.24) is 0 Å². The van der Waals surface area contributed by atoms with E-state index in [1.54, 1.807) is 7.11 Å². The highest BCUT2D eigenvalue weighted by Crippen LogP contribution is 2.48. The Hall–Kier alpha value is -1.71. The average Bonchev–Trinajstić information content (AvgIpc) is 2.39. The third-order valence-electron chi connectivity index (χ3n) is 3.91. The van der Waals surface area contributed by atoms with E-state index >= 15 is 0 Å². The number of carbonyl (C=O) groups excluding carboxylic acids is 1. The van der Waals surface area contributed by atoms with Crippen molar-refractivity contribution < 1.29 is 14.3 Å². The molecule has 96 valence electrons. The van der Waals surface area contributed by atoms with Crippen molar-refractivity contribution in [1.29, 1.82) is 0 Å². The molecule has 4 nitrogen and oxygen atoms in total. The fraction of sp³-hybridized carbons (Fsp3) is 0.500. The van der Waals surface area contributed by atoms with E-state index in [4.69, 9.17) is 9.47 Å². The molecule has 0 saturated heterocycles. The van der Waals surface area contributed by atoms with Gasteiger partial charge < -0.3 is 9.47 Å². The molecule has 1 spiro atoms. The molecular formula is C14H17NO3. The first-order chi connectivity index (χ1) is 8.75. The summed E-state index contributed by atoms with van der Waals surface area (Å²) in [6.07, 6.45) is 4.86. The van der Waals surface area contributed by atoms with Crippen LogP contribution < -0.4 is 10.1 Å². The summed E-state index contributed by atoms with van der Waals surface area (Å²) < 4.78 is 11.0. The summed E-state index contributed by atoms with van der Waals surface area (Å²) in [6.45, 7) is 0. The molecule has 2 aliphatic rings. The SMILES string of the molecule is COc1cccc2c1NC(=O)OC21CCCCC1. The van der Waals surface area contributed by atoms with Crippen LogP contribution in [0.25, 0.3) is 0 Å². The number of amides is 1. The molecule has 1 amide bonds. The number of carbonyl (C=O) groups is 1. The van der Waals surface area contributed by atoms with Gasteiger partial charge in [-0.2, -0.15) is 0 Å². The van der Waals surface area contributed by atoms with Gasteiger partial charge in [0.1, 0.15) is 11.4 Å². The second kappa shape index (κ2) is 4.19. The molecule has 0 radical (unpaired) electrons. The number of nitrogens with one attached hydrogen (secondary N) is 1. The average molecular weight is 247 g/mol. The van der Waals surface area contributed by atoms with Crippen LogP contribution in [-0.2, 0) is 10.3 Å². The summed E-state index contributed by atoms with van der Waals surface area (Å²) in [7, 11) is 1.62.